The zero-order valence-electron chi connectivity index (χ0n) is 16.0. The average molecular weight is 358 g/mol. The van der Waals surface area contributed by atoms with Crippen molar-refractivity contribution < 1.29 is 9.90 Å². The molecule has 3 atom stereocenters. The number of rotatable bonds is 6. The maximum Gasteiger partial charge on any atom is 0.271 e. The van der Waals surface area contributed by atoms with Gasteiger partial charge in [-0.05, 0) is 56.6 Å². The molecule has 1 aliphatic carbocycles. The number of hydrogen-bond donors (Lipinski definition) is 2. The second-order valence-corrected chi connectivity index (χ2v) is 7.63. The van der Waals surface area contributed by atoms with Crippen LogP contribution in [0.5, 0.6) is 0 Å². The highest BCUT2D eigenvalue weighted by molar-refractivity contribution is 5.93. The monoisotopic (exact) mass is 358 g/mol. The summed E-state index contributed by atoms with van der Waals surface area (Å²) in [6, 6.07) is 2.16. The van der Waals surface area contributed by atoms with E-state index in [0.717, 1.165) is 49.0 Å². The van der Waals surface area contributed by atoms with Crippen molar-refractivity contribution in [2.24, 2.45) is 11.8 Å². The van der Waals surface area contributed by atoms with E-state index in [1.807, 2.05) is 19.9 Å². The molecule has 6 nitrogen and oxygen atoms in total. The van der Waals surface area contributed by atoms with Crippen LogP contribution in [0.25, 0.3) is 5.65 Å². The highest BCUT2D eigenvalue weighted by atomic mass is 16.3. The number of hydrogen-bond acceptors (Lipinski definition) is 4. The maximum atomic E-state index is 12.8. The van der Waals surface area contributed by atoms with E-state index in [-0.39, 0.29) is 18.6 Å². The lowest BCUT2D eigenvalue weighted by Gasteiger charge is -2.34. The molecule has 0 spiro atoms. The predicted molar refractivity (Wildman–Crippen MR) is 101 cm³/mol. The molecule has 1 fully saturated rings. The van der Waals surface area contributed by atoms with Crippen molar-refractivity contribution in [3.05, 3.63) is 29.2 Å². The number of aryl methyl sites for hydroxylation is 2. The van der Waals surface area contributed by atoms with E-state index in [2.05, 4.69) is 22.3 Å². The second kappa shape index (κ2) is 8.16. The van der Waals surface area contributed by atoms with E-state index in [9.17, 15) is 9.90 Å². The molecule has 3 rings (SSSR count). The van der Waals surface area contributed by atoms with Gasteiger partial charge in [-0.1, -0.05) is 26.2 Å². The lowest BCUT2D eigenvalue weighted by atomic mass is 9.75. The first-order valence-corrected chi connectivity index (χ1v) is 9.77. The van der Waals surface area contributed by atoms with Crippen molar-refractivity contribution in [3.8, 4) is 0 Å². The number of aliphatic hydroxyl groups is 1. The first-order valence-electron chi connectivity index (χ1n) is 9.77. The molecule has 142 valence electrons. The van der Waals surface area contributed by atoms with Gasteiger partial charge in [0.25, 0.3) is 5.91 Å². The van der Waals surface area contributed by atoms with E-state index in [0.29, 0.717) is 17.5 Å². The molecular weight excluding hydrogens is 328 g/mol. The van der Waals surface area contributed by atoms with E-state index in [1.54, 1.807) is 10.7 Å². The first-order chi connectivity index (χ1) is 12.5. The zero-order valence-corrected chi connectivity index (χ0v) is 16.0. The fourth-order valence-electron chi connectivity index (χ4n) is 4.42. The maximum absolute atomic E-state index is 12.8. The molecule has 0 saturated heterocycles. The molecule has 0 aliphatic heterocycles. The molecule has 1 aliphatic rings. The third kappa shape index (κ3) is 3.90. The SMILES string of the molecule is CCC(CCO)C1CCCC(NC(=O)c2cnc3c(C)cc(C)nn23)C1. The van der Waals surface area contributed by atoms with E-state index < -0.39 is 0 Å². The minimum absolute atomic E-state index is 0.101. The van der Waals surface area contributed by atoms with Gasteiger partial charge < -0.3 is 10.4 Å². The van der Waals surface area contributed by atoms with Gasteiger partial charge >= 0.3 is 0 Å². The van der Waals surface area contributed by atoms with Crippen molar-refractivity contribution in [1.29, 1.82) is 0 Å². The molecule has 26 heavy (non-hydrogen) atoms. The van der Waals surface area contributed by atoms with Crippen LogP contribution in [-0.4, -0.2) is 38.3 Å². The number of amides is 1. The number of nitrogens with zero attached hydrogens (tertiary/aromatic N) is 3. The fraction of sp³-hybridized carbons (Fsp3) is 0.650. The van der Waals surface area contributed by atoms with Crippen LogP contribution in [0.3, 0.4) is 0 Å². The number of aliphatic hydroxyl groups excluding tert-OH is 1. The highest BCUT2D eigenvalue weighted by Crippen LogP contribution is 2.33. The first kappa shape index (κ1) is 18.8. The zero-order chi connectivity index (χ0) is 18.7. The molecule has 0 radical (unpaired) electrons. The Morgan fingerprint density at radius 1 is 1.42 bits per heavy atom. The van der Waals surface area contributed by atoms with Gasteiger partial charge in [0.05, 0.1) is 11.9 Å². The fourth-order valence-corrected chi connectivity index (χ4v) is 4.42. The van der Waals surface area contributed by atoms with Crippen LogP contribution in [0.2, 0.25) is 0 Å². The van der Waals surface area contributed by atoms with Crippen LogP contribution >= 0.6 is 0 Å². The van der Waals surface area contributed by atoms with E-state index in [1.165, 1.54) is 6.42 Å². The summed E-state index contributed by atoms with van der Waals surface area (Å²) in [4.78, 5) is 17.2. The van der Waals surface area contributed by atoms with Crippen molar-refractivity contribution in [3.63, 3.8) is 0 Å². The topological polar surface area (TPSA) is 79.5 Å². The van der Waals surface area contributed by atoms with Crippen LogP contribution in [0.1, 0.15) is 67.2 Å². The Kier molecular flexibility index (Phi) is 5.91. The highest BCUT2D eigenvalue weighted by Gasteiger charge is 2.29. The lowest BCUT2D eigenvalue weighted by Crippen LogP contribution is -2.40. The lowest BCUT2D eigenvalue weighted by molar-refractivity contribution is 0.0895. The number of imidazole rings is 1. The van der Waals surface area contributed by atoms with Crippen molar-refractivity contribution >= 4 is 11.6 Å². The smallest absolute Gasteiger partial charge is 0.271 e. The van der Waals surface area contributed by atoms with Gasteiger partial charge in [-0.15, -0.1) is 0 Å². The average Bonchev–Trinajstić information content (AvgIpc) is 3.04. The molecule has 2 N–H and O–H groups in total. The molecular formula is C20H30N4O2. The summed E-state index contributed by atoms with van der Waals surface area (Å²) in [6.45, 7) is 6.35. The van der Waals surface area contributed by atoms with Gasteiger partial charge in [-0.2, -0.15) is 5.10 Å². The summed E-state index contributed by atoms with van der Waals surface area (Å²) < 4.78 is 1.65. The Balaban J connectivity index is 1.72. The van der Waals surface area contributed by atoms with Gasteiger partial charge in [0.1, 0.15) is 5.69 Å². The van der Waals surface area contributed by atoms with Crippen molar-refractivity contribution in [2.75, 3.05) is 6.61 Å². The Bertz CT molecular complexity index is 771. The number of carbonyl (C=O) groups excluding carboxylic acids is 1. The van der Waals surface area contributed by atoms with Crippen molar-refractivity contribution in [1.82, 2.24) is 19.9 Å². The molecule has 6 heteroatoms. The number of aromatic nitrogens is 3. The number of carbonyl (C=O) groups is 1. The summed E-state index contributed by atoms with van der Waals surface area (Å²) >= 11 is 0. The Morgan fingerprint density at radius 3 is 2.96 bits per heavy atom. The van der Waals surface area contributed by atoms with Gasteiger partial charge in [0.2, 0.25) is 0 Å². The van der Waals surface area contributed by atoms with Crippen LogP contribution < -0.4 is 5.32 Å². The van der Waals surface area contributed by atoms with Gasteiger partial charge in [-0.25, -0.2) is 9.50 Å². The minimum atomic E-state index is -0.101. The summed E-state index contributed by atoms with van der Waals surface area (Å²) in [7, 11) is 0. The minimum Gasteiger partial charge on any atom is -0.396 e. The van der Waals surface area contributed by atoms with Crippen LogP contribution in [0, 0.1) is 25.7 Å². The molecule has 1 amide bonds. The Morgan fingerprint density at radius 2 is 2.23 bits per heavy atom. The standard InChI is InChI=1S/C20H30N4O2/c1-4-15(8-9-25)16-6-5-7-17(11-16)22-20(26)18-12-21-19-13(2)10-14(3)23-24(18)19/h10,12,15-17,25H,4-9,11H2,1-3H3,(H,22,26). The number of fused-ring (bicyclic) bond motifs is 1. The summed E-state index contributed by atoms with van der Waals surface area (Å²) in [5, 5.41) is 17.0. The molecule has 2 aromatic rings. The Labute approximate surface area is 155 Å². The summed E-state index contributed by atoms with van der Waals surface area (Å²) in [5.41, 5.74) is 3.12. The van der Waals surface area contributed by atoms with Gasteiger partial charge in [-0.3, -0.25) is 4.79 Å². The third-order valence-corrected chi connectivity index (χ3v) is 5.75. The Hall–Kier alpha value is -1.95. The quantitative estimate of drug-likeness (QED) is 0.832. The molecule has 0 aromatic carbocycles. The van der Waals surface area contributed by atoms with E-state index in [4.69, 9.17) is 0 Å². The molecule has 1 saturated carbocycles. The molecule has 3 unspecified atom stereocenters. The third-order valence-electron chi connectivity index (χ3n) is 5.75. The molecule has 2 aromatic heterocycles. The molecule has 2 heterocycles. The normalized spacial score (nSPS) is 21.7. The van der Waals surface area contributed by atoms with Crippen LogP contribution in [0.4, 0.5) is 0 Å². The summed E-state index contributed by atoms with van der Waals surface area (Å²) in [5.74, 6) is 1.02. The van der Waals surface area contributed by atoms with Crippen LogP contribution in [-0.2, 0) is 0 Å². The largest absolute Gasteiger partial charge is 0.396 e. The summed E-state index contributed by atoms with van der Waals surface area (Å²) in [6.07, 6.45) is 7.89. The second-order valence-electron chi connectivity index (χ2n) is 7.63. The molecule has 0 bridgehead atoms. The van der Waals surface area contributed by atoms with E-state index >= 15 is 0 Å². The number of nitrogens with one attached hydrogen (secondary N) is 1. The van der Waals surface area contributed by atoms with Gasteiger partial charge in [0.15, 0.2) is 5.65 Å². The predicted octanol–water partition coefficient (Wildman–Crippen LogP) is 3.04. The van der Waals surface area contributed by atoms with Crippen LogP contribution in [0.15, 0.2) is 12.3 Å². The van der Waals surface area contributed by atoms with Gasteiger partial charge in [0, 0.05) is 12.6 Å². The van der Waals surface area contributed by atoms with Crippen molar-refractivity contribution in [2.45, 2.75) is 65.3 Å².